The molecular weight excluding hydrogens is 442 g/mol. The van der Waals surface area contributed by atoms with Gasteiger partial charge < -0.3 is 14.5 Å². The van der Waals surface area contributed by atoms with Gasteiger partial charge in [-0.15, -0.1) is 0 Å². The summed E-state index contributed by atoms with van der Waals surface area (Å²) in [6.45, 7) is 3.85. The van der Waals surface area contributed by atoms with Crippen molar-refractivity contribution in [2.75, 3.05) is 31.1 Å². The van der Waals surface area contributed by atoms with Crippen molar-refractivity contribution in [1.29, 1.82) is 0 Å². The van der Waals surface area contributed by atoms with Gasteiger partial charge in [0, 0.05) is 56.7 Å². The Kier molecular flexibility index (Phi) is 5.64. The topological polar surface area (TPSA) is 67.9 Å². The summed E-state index contributed by atoms with van der Waals surface area (Å²) in [6, 6.07) is 7.58. The predicted molar refractivity (Wildman–Crippen MR) is 122 cm³/mol. The largest absolute Gasteiger partial charge is 0.442 e. The number of aryl methyl sites for hydroxylation is 1. The second-order valence-corrected chi connectivity index (χ2v) is 8.35. The first-order valence-electron chi connectivity index (χ1n) is 11.0. The Morgan fingerprint density at radius 3 is 2.47 bits per heavy atom. The van der Waals surface area contributed by atoms with Crippen molar-refractivity contribution in [3.8, 4) is 11.1 Å². The average Bonchev–Trinajstić information content (AvgIpc) is 3.46. The molecule has 1 fully saturated rings. The Hall–Kier alpha value is -3.95. The van der Waals surface area contributed by atoms with Crippen LogP contribution in [0.15, 0.2) is 55.1 Å². The summed E-state index contributed by atoms with van der Waals surface area (Å²) in [5.41, 5.74) is 4.43. The van der Waals surface area contributed by atoms with Crippen molar-refractivity contribution < 1.29 is 18.3 Å². The zero-order chi connectivity index (χ0) is 23.8. The van der Waals surface area contributed by atoms with Crippen molar-refractivity contribution in [2.24, 2.45) is 7.05 Å². The maximum Gasteiger partial charge on any atom is 0.410 e. The Labute approximate surface area is 194 Å². The number of carbonyl (C=O) groups excluding carboxylic acids is 1. The van der Waals surface area contributed by atoms with Crippen LogP contribution in [0.4, 0.5) is 19.3 Å². The molecule has 1 aliphatic rings. The van der Waals surface area contributed by atoms with Crippen LogP contribution in [0.1, 0.15) is 18.6 Å². The monoisotopic (exact) mass is 466 g/mol. The van der Waals surface area contributed by atoms with E-state index in [1.807, 2.05) is 48.5 Å². The van der Waals surface area contributed by atoms with Crippen LogP contribution >= 0.6 is 0 Å². The number of aromatic nitrogens is 4. The number of amides is 1. The van der Waals surface area contributed by atoms with E-state index in [0.29, 0.717) is 31.7 Å². The van der Waals surface area contributed by atoms with Crippen LogP contribution in [-0.4, -0.2) is 56.6 Å². The summed E-state index contributed by atoms with van der Waals surface area (Å²) >= 11 is 0. The molecule has 4 aromatic rings. The average molecular weight is 466 g/mol. The third-order valence-corrected chi connectivity index (χ3v) is 6.10. The quantitative estimate of drug-likeness (QED) is 0.454. The van der Waals surface area contributed by atoms with Crippen molar-refractivity contribution in [3.05, 3.63) is 72.3 Å². The van der Waals surface area contributed by atoms with Crippen LogP contribution in [0, 0.1) is 11.6 Å². The molecule has 34 heavy (non-hydrogen) atoms. The van der Waals surface area contributed by atoms with Crippen LogP contribution in [0.3, 0.4) is 0 Å². The fourth-order valence-electron chi connectivity index (χ4n) is 4.14. The van der Waals surface area contributed by atoms with Crippen LogP contribution in [0.2, 0.25) is 0 Å². The first kappa shape index (κ1) is 21.9. The van der Waals surface area contributed by atoms with Gasteiger partial charge in [-0.05, 0) is 30.7 Å². The first-order valence-corrected chi connectivity index (χ1v) is 11.0. The summed E-state index contributed by atoms with van der Waals surface area (Å²) in [4.78, 5) is 16.4. The second-order valence-electron chi connectivity index (χ2n) is 8.35. The third kappa shape index (κ3) is 4.18. The molecule has 8 nitrogen and oxygen atoms in total. The summed E-state index contributed by atoms with van der Waals surface area (Å²) in [6.07, 6.45) is 6.42. The van der Waals surface area contributed by atoms with Crippen molar-refractivity contribution in [3.63, 3.8) is 0 Å². The number of pyridine rings is 1. The van der Waals surface area contributed by atoms with E-state index in [1.165, 1.54) is 6.07 Å². The van der Waals surface area contributed by atoms with E-state index in [-0.39, 0.29) is 0 Å². The molecule has 1 amide bonds. The molecule has 1 saturated heterocycles. The number of benzene rings is 1. The number of anilines is 1. The number of fused-ring (bicyclic) bond motifs is 1. The minimum atomic E-state index is -0.963. The fraction of sp³-hybridized carbons (Fsp3) is 0.292. The minimum Gasteiger partial charge on any atom is -0.442 e. The first-order chi connectivity index (χ1) is 16.4. The number of hydrogen-bond donors (Lipinski definition) is 0. The molecule has 176 valence electrons. The molecule has 1 atom stereocenters. The molecule has 1 aliphatic heterocycles. The van der Waals surface area contributed by atoms with Gasteiger partial charge in [0.25, 0.3) is 0 Å². The lowest BCUT2D eigenvalue weighted by Crippen LogP contribution is -2.49. The number of ether oxygens (including phenoxy) is 1. The van der Waals surface area contributed by atoms with E-state index in [0.717, 1.165) is 34.5 Å². The summed E-state index contributed by atoms with van der Waals surface area (Å²) < 4.78 is 35.7. The van der Waals surface area contributed by atoms with E-state index in [2.05, 4.69) is 15.1 Å². The maximum atomic E-state index is 13.5. The van der Waals surface area contributed by atoms with Gasteiger partial charge in [0.2, 0.25) is 0 Å². The Morgan fingerprint density at radius 1 is 0.971 bits per heavy atom. The zero-order valence-electron chi connectivity index (χ0n) is 18.9. The van der Waals surface area contributed by atoms with Gasteiger partial charge in [0.05, 0.1) is 23.6 Å². The molecule has 0 radical (unpaired) electrons. The lowest BCUT2D eigenvalue weighted by atomic mass is 10.1. The smallest absolute Gasteiger partial charge is 0.410 e. The number of hydrogen-bond acceptors (Lipinski definition) is 5. The lowest BCUT2D eigenvalue weighted by Gasteiger charge is -2.35. The predicted octanol–water partition coefficient (Wildman–Crippen LogP) is 4.03. The van der Waals surface area contributed by atoms with Crippen LogP contribution < -0.4 is 4.90 Å². The molecule has 0 saturated carbocycles. The van der Waals surface area contributed by atoms with E-state index in [9.17, 15) is 13.6 Å². The van der Waals surface area contributed by atoms with E-state index in [1.54, 1.807) is 16.5 Å². The Morgan fingerprint density at radius 2 is 1.76 bits per heavy atom. The molecule has 3 aromatic heterocycles. The van der Waals surface area contributed by atoms with Gasteiger partial charge in [-0.3, -0.25) is 4.68 Å². The lowest BCUT2D eigenvalue weighted by molar-refractivity contribution is 0.0679. The highest BCUT2D eigenvalue weighted by atomic mass is 19.2. The minimum absolute atomic E-state index is 0.405. The summed E-state index contributed by atoms with van der Waals surface area (Å²) in [7, 11) is 1.88. The van der Waals surface area contributed by atoms with Gasteiger partial charge in [-0.25, -0.2) is 18.1 Å². The number of halogens is 2. The standard InChI is InChI=1S/C24H24F2N6O2/c1-16(17-3-5-20(25)21(26)11-17)34-24(33)31-9-7-30(8-10-31)23-13-28-32-15-18(4-6-22(23)32)19-12-27-29(2)14-19/h3-6,11-16H,7-10H2,1-2H3/t16-/m1/s1. The van der Waals surface area contributed by atoms with Gasteiger partial charge in [0.15, 0.2) is 11.6 Å². The van der Waals surface area contributed by atoms with Crippen molar-refractivity contribution >= 4 is 17.3 Å². The maximum absolute atomic E-state index is 13.5. The molecular formula is C24H24F2N6O2. The van der Waals surface area contributed by atoms with E-state index < -0.39 is 23.8 Å². The summed E-state index contributed by atoms with van der Waals surface area (Å²) in [5, 5.41) is 8.73. The number of carbonyl (C=O) groups is 1. The van der Waals surface area contributed by atoms with Crippen molar-refractivity contribution in [2.45, 2.75) is 13.0 Å². The SMILES string of the molecule is C[C@@H](OC(=O)N1CCN(c2cnn3cc(-c4cnn(C)c4)ccc23)CC1)c1ccc(F)c(F)c1. The van der Waals surface area contributed by atoms with Crippen LogP contribution in [0.25, 0.3) is 16.6 Å². The van der Waals surface area contributed by atoms with Crippen LogP contribution in [-0.2, 0) is 11.8 Å². The molecule has 4 heterocycles. The highest BCUT2D eigenvalue weighted by Crippen LogP contribution is 2.27. The van der Waals surface area contributed by atoms with Crippen molar-refractivity contribution in [1.82, 2.24) is 24.3 Å². The summed E-state index contributed by atoms with van der Waals surface area (Å²) in [5.74, 6) is -1.89. The molecule has 0 spiro atoms. The molecule has 1 aromatic carbocycles. The Bertz CT molecular complexity index is 1340. The molecule has 0 bridgehead atoms. The van der Waals surface area contributed by atoms with E-state index in [4.69, 9.17) is 4.74 Å². The number of piperazine rings is 1. The van der Waals surface area contributed by atoms with E-state index >= 15 is 0 Å². The highest BCUT2D eigenvalue weighted by Gasteiger charge is 2.26. The molecule has 0 unspecified atom stereocenters. The molecule has 10 heteroatoms. The zero-order valence-corrected chi connectivity index (χ0v) is 18.9. The number of rotatable bonds is 4. The Balaban J connectivity index is 1.22. The molecule has 5 rings (SSSR count). The molecule has 0 aliphatic carbocycles. The van der Waals surface area contributed by atoms with Gasteiger partial charge in [-0.2, -0.15) is 10.2 Å². The normalized spacial score (nSPS) is 15.1. The highest BCUT2D eigenvalue weighted by molar-refractivity contribution is 5.76. The van der Waals surface area contributed by atoms with Crippen LogP contribution in [0.5, 0.6) is 0 Å². The number of nitrogens with zero attached hydrogens (tertiary/aromatic N) is 6. The van der Waals surface area contributed by atoms with Gasteiger partial charge in [-0.1, -0.05) is 12.1 Å². The molecule has 0 N–H and O–H groups in total. The third-order valence-electron chi connectivity index (χ3n) is 6.10. The van der Waals surface area contributed by atoms with Gasteiger partial charge >= 0.3 is 6.09 Å². The second kappa shape index (κ2) is 8.77. The van der Waals surface area contributed by atoms with Gasteiger partial charge in [0.1, 0.15) is 6.10 Å². The fourth-order valence-corrected chi connectivity index (χ4v) is 4.14.